The highest BCUT2D eigenvalue weighted by Gasteiger charge is 2.33. The molecule has 0 aromatic heterocycles. The third-order valence-corrected chi connectivity index (χ3v) is 5.94. The Hall–Kier alpha value is -2.80. The molecule has 0 saturated heterocycles. The summed E-state index contributed by atoms with van der Waals surface area (Å²) in [6, 6.07) is 3.96. The highest BCUT2D eigenvalue weighted by molar-refractivity contribution is 5.88. The first-order chi connectivity index (χ1) is 14.9. The second-order valence-electron chi connectivity index (χ2n) is 7.94. The molecule has 0 fully saturated rings. The summed E-state index contributed by atoms with van der Waals surface area (Å²) >= 11 is 0. The maximum atomic E-state index is 11.2. The van der Waals surface area contributed by atoms with E-state index in [1.54, 1.807) is 28.4 Å². The Morgan fingerprint density at radius 3 is 1.94 bits per heavy atom. The van der Waals surface area contributed by atoms with Crippen LogP contribution in [-0.4, -0.2) is 47.4 Å². The molecular weight excluding hydrogens is 400 g/mol. The van der Waals surface area contributed by atoms with E-state index in [0.29, 0.717) is 46.1 Å². The van der Waals surface area contributed by atoms with Gasteiger partial charge in [0, 0.05) is 25.3 Å². The van der Waals surface area contributed by atoms with E-state index >= 15 is 0 Å². The van der Waals surface area contributed by atoms with Gasteiger partial charge in [0.05, 0.1) is 21.3 Å². The first-order valence-electron chi connectivity index (χ1n) is 10.3. The second-order valence-corrected chi connectivity index (χ2v) is 7.94. The Labute approximate surface area is 183 Å². The lowest BCUT2D eigenvalue weighted by molar-refractivity contribution is 0.171. The molecule has 4 rings (SSSR count). The van der Waals surface area contributed by atoms with Gasteiger partial charge in [0.2, 0.25) is 18.3 Å². The number of hydrogen-bond donors (Lipinski definition) is 1. The van der Waals surface area contributed by atoms with Gasteiger partial charge < -0.3 is 33.5 Å². The number of methoxy groups -OCH3 is 4. The minimum Gasteiger partial charge on any atom is -0.504 e. The standard InChI is InChI=1S/C22H26O6.C2H6O/c1-11-6-13-8-15(24-3)20(25-4)19(23)17(13)18-14(7-12(11)2)9-16-21(22(18)26-5)28-10-27-16;1-3-2/h8-9,11-12,23H,6-7,10H2,1-5H3;1-2H3/t11-,12+;/m0./s1. The van der Waals surface area contributed by atoms with Crippen molar-refractivity contribution in [3.8, 4) is 45.6 Å². The van der Waals surface area contributed by atoms with Crippen LogP contribution in [0.1, 0.15) is 25.0 Å². The summed E-state index contributed by atoms with van der Waals surface area (Å²) in [5.41, 5.74) is 3.59. The van der Waals surface area contributed by atoms with Crippen LogP contribution in [0.15, 0.2) is 12.1 Å². The lowest BCUT2D eigenvalue weighted by Crippen LogP contribution is -2.18. The lowest BCUT2D eigenvalue weighted by Gasteiger charge is -2.29. The smallest absolute Gasteiger partial charge is 0.231 e. The van der Waals surface area contributed by atoms with Gasteiger partial charge in [-0.25, -0.2) is 0 Å². The molecule has 1 aliphatic heterocycles. The van der Waals surface area contributed by atoms with Gasteiger partial charge in [-0.2, -0.15) is 0 Å². The Morgan fingerprint density at radius 1 is 0.806 bits per heavy atom. The number of phenols is 1. The molecule has 170 valence electrons. The van der Waals surface area contributed by atoms with Crippen molar-refractivity contribution in [3.63, 3.8) is 0 Å². The van der Waals surface area contributed by atoms with Gasteiger partial charge >= 0.3 is 0 Å². The summed E-state index contributed by atoms with van der Waals surface area (Å²) in [7, 11) is 7.96. The molecule has 1 aliphatic carbocycles. The van der Waals surface area contributed by atoms with Gasteiger partial charge in [0.1, 0.15) is 0 Å². The van der Waals surface area contributed by atoms with E-state index in [1.165, 1.54) is 7.11 Å². The molecule has 1 heterocycles. The van der Waals surface area contributed by atoms with Crippen molar-refractivity contribution >= 4 is 0 Å². The number of rotatable bonds is 3. The molecule has 0 radical (unpaired) electrons. The van der Waals surface area contributed by atoms with Crippen molar-refractivity contribution in [1.29, 1.82) is 0 Å². The van der Waals surface area contributed by atoms with Gasteiger partial charge in [-0.05, 0) is 47.9 Å². The van der Waals surface area contributed by atoms with Crippen LogP contribution in [0.25, 0.3) is 11.1 Å². The molecule has 0 unspecified atom stereocenters. The predicted octanol–water partition coefficient (Wildman–Crippen LogP) is 4.45. The molecular formula is C24H32O7. The van der Waals surface area contributed by atoms with Crippen LogP contribution in [-0.2, 0) is 17.6 Å². The molecule has 1 N–H and O–H groups in total. The molecule has 2 atom stereocenters. The van der Waals surface area contributed by atoms with Gasteiger partial charge in [-0.1, -0.05) is 13.8 Å². The molecule has 0 amide bonds. The fraction of sp³-hybridized carbons (Fsp3) is 0.500. The summed E-state index contributed by atoms with van der Waals surface area (Å²) in [6.45, 7) is 4.64. The maximum Gasteiger partial charge on any atom is 0.231 e. The molecule has 7 heteroatoms. The molecule has 2 aliphatic rings. The van der Waals surface area contributed by atoms with Crippen molar-refractivity contribution in [1.82, 2.24) is 0 Å². The molecule has 7 nitrogen and oxygen atoms in total. The highest BCUT2D eigenvalue weighted by atomic mass is 16.7. The van der Waals surface area contributed by atoms with Crippen LogP contribution in [0.3, 0.4) is 0 Å². The SMILES string of the molecule is COC.COc1cc2c(c(O)c1OC)-c1c(cc3c(c1OC)OCO3)C[C@@H](C)[C@@H](C)C2. The van der Waals surface area contributed by atoms with Gasteiger partial charge in [-0.3, -0.25) is 0 Å². The number of hydrogen-bond acceptors (Lipinski definition) is 7. The van der Waals surface area contributed by atoms with E-state index in [2.05, 4.69) is 18.6 Å². The zero-order valence-electron chi connectivity index (χ0n) is 19.3. The van der Waals surface area contributed by atoms with Crippen molar-refractivity contribution < 1.29 is 33.5 Å². The van der Waals surface area contributed by atoms with Crippen molar-refractivity contribution in [2.45, 2.75) is 26.7 Å². The zero-order valence-corrected chi connectivity index (χ0v) is 19.3. The van der Waals surface area contributed by atoms with E-state index in [0.717, 1.165) is 29.5 Å². The summed E-state index contributed by atoms with van der Waals surface area (Å²) < 4.78 is 32.3. The number of phenolic OH excluding ortho intramolecular Hbond substituents is 1. The molecule has 2 aromatic rings. The zero-order chi connectivity index (χ0) is 22.7. The van der Waals surface area contributed by atoms with Crippen molar-refractivity contribution in [3.05, 3.63) is 23.3 Å². The van der Waals surface area contributed by atoms with E-state index in [4.69, 9.17) is 23.7 Å². The second kappa shape index (κ2) is 9.56. The Kier molecular flexibility index (Phi) is 7.05. The third kappa shape index (κ3) is 4.06. The normalized spacial score (nSPS) is 18.5. The number of ether oxygens (including phenoxy) is 6. The third-order valence-electron chi connectivity index (χ3n) is 5.94. The highest BCUT2D eigenvalue weighted by Crippen LogP contribution is 2.56. The van der Waals surface area contributed by atoms with Crippen LogP contribution >= 0.6 is 0 Å². The van der Waals surface area contributed by atoms with Gasteiger partial charge in [-0.15, -0.1) is 0 Å². The summed E-state index contributed by atoms with van der Waals surface area (Å²) in [5.74, 6) is 3.56. The Morgan fingerprint density at radius 2 is 1.39 bits per heavy atom. The lowest BCUT2D eigenvalue weighted by atomic mass is 9.77. The first-order valence-corrected chi connectivity index (χ1v) is 10.3. The van der Waals surface area contributed by atoms with Crippen molar-refractivity contribution in [2.75, 3.05) is 42.3 Å². The Balaban J connectivity index is 0.000000858. The topological polar surface area (TPSA) is 75.6 Å². The summed E-state index contributed by atoms with van der Waals surface area (Å²) in [5, 5.41) is 11.2. The van der Waals surface area contributed by atoms with Crippen LogP contribution in [0.2, 0.25) is 0 Å². The minimum atomic E-state index is 0.0528. The molecule has 0 spiro atoms. The van der Waals surface area contributed by atoms with Crippen LogP contribution in [0.5, 0.6) is 34.5 Å². The predicted molar refractivity (Wildman–Crippen MR) is 118 cm³/mol. The fourth-order valence-corrected chi connectivity index (χ4v) is 4.26. The molecule has 2 aromatic carbocycles. The van der Waals surface area contributed by atoms with Crippen LogP contribution in [0.4, 0.5) is 0 Å². The van der Waals surface area contributed by atoms with E-state index < -0.39 is 0 Å². The summed E-state index contributed by atoms with van der Waals surface area (Å²) in [4.78, 5) is 0. The fourth-order valence-electron chi connectivity index (χ4n) is 4.26. The molecule has 0 saturated carbocycles. The minimum absolute atomic E-state index is 0.0528. The van der Waals surface area contributed by atoms with Gasteiger partial charge in [0.15, 0.2) is 23.0 Å². The average Bonchev–Trinajstić information content (AvgIpc) is 3.21. The van der Waals surface area contributed by atoms with E-state index in [9.17, 15) is 5.11 Å². The maximum absolute atomic E-state index is 11.2. The Bertz CT molecular complexity index is 939. The van der Waals surface area contributed by atoms with Crippen LogP contribution in [0, 0.1) is 11.8 Å². The quantitative estimate of drug-likeness (QED) is 0.768. The van der Waals surface area contributed by atoms with Crippen molar-refractivity contribution in [2.24, 2.45) is 11.8 Å². The van der Waals surface area contributed by atoms with E-state index in [-0.39, 0.29) is 12.5 Å². The van der Waals surface area contributed by atoms with Crippen LogP contribution < -0.4 is 23.7 Å². The first kappa shape index (κ1) is 22.9. The number of benzene rings is 2. The van der Waals surface area contributed by atoms with E-state index in [1.807, 2.05) is 12.1 Å². The number of fused-ring (bicyclic) bond motifs is 4. The molecule has 0 bridgehead atoms. The average molecular weight is 433 g/mol. The monoisotopic (exact) mass is 432 g/mol. The number of aromatic hydroxyl groups is 1. The molecule has 31 heavy (non-hydrogen) atoms. The summed E-state index contributed by atoms with van der Waals surface area (Å²) in [6.07, 6.45) is 1.65. The van der Waals surface area contributed by atoms with Gasteiger partial charge in [0.25, 0.3) is 0 Å². The largest absolute Gasteiger partial charge is 0.504 e.